The van der Waals surface area contributed by atoms with Gasteiger partial charge in [0.25, 0.3) is 0 Å². The quantitative estimate of drug-likeness (QED) is 0.589. The Kier molecular flexibility index (Phi) is 2.86. The highest BCUT2D eigenvalue weighted by Gasteiger charge is 2.28. The van der Waals surface area contributed by atoms with Crippen molar-refractivity contribution in [2.75, 3.05) is 7.11 Å². The van der Waals surface area contributed by atoms with Crippen molar-refractivity contribution in [2.45, 2.75) is 19.4 Å². The highest BCUT2D eigenvalue weighted by molar-refractivity contribution is 14.1. The van der Waals surface area contributed by atoms with Gasteiger partial charge in [0.05, 0.1) is 10.7 Å². The molecule has 0 spiro atoms. The lowest BCUT2D eigenvalue weighted by Gasteiger charge is -2.23. The van der Waals surface area contributed by atoms with Crippen LogP contribution in [0, 0.1) is 3.57 Å². The van der Waals surface area contributed by atoms with Crippen molar-refractivity contribution in [1.82, 2.24) is 0 Å². The summed E-state index contributed by atoms with van der Waals surface area (Å²) < 4.78 is 11.4. The van der Waals surface area contributed by atoms with Crippen LogP contribution in [0.25, 0.3) is 0 Å². The molecule has 1 aromatic rings. The molecule has 0 aromatic heterocycles. The zero-order valence-corrected chi connectivity index (χ0v) is 10.7. The normalized spacial score (nSPS) is 19.4. The van der Waals surface area contributed by atoms with Crippen molar-refractivity contribution in [3.63, 3.8) is 0 Å². The Morgan fingerprint density at radius 2 is 2.27 bits per heavy atom. The van der Waals surface area contributed by atoms with Crippen molar-refractivity contribution in [3.8, 4) is 5.75 Å². The van der Waals surface area contributed by atoms with Crippen molar-refractivity contribution in [1.29, 1.82) is 0 Å². The van der Waals surface area contributed by atoms with Crippen LogP contribution in [0.4, 0.5) is 0 Å². The Labute approximate surface area is 102 Å². The minimum Gasteiger partial charge on any atom is -0.495 e. The number of benzene rings is 1. The van der Waals surface area contributed by atoms with Crippen LogP contribution in [0.3, 0.4) is 0 Å². The Morgan fingerprint density at radius 1 is 1.53 bits per heavy atom. The van der Waals surface area contributed by atoms with E-state index in [2.05, 4.69) is 22.6 Å². The molecule has 0 N–H and O–H groups in total. The molecular formula is C11H11IO3. The predicted octanol–water partition coefficient (Wildman–Crippen LogP) is 2.40. The molecule has 1 unspecified atom stereocenters. The van der Waals surface area contributed by atoms with E-state index in [1.807, 2.05) is 19.1 Å². The third kappa shape index (κ3) is 1.82. The molecule has 0 fully saturated rings. The van der Waals surface area contributed by atoms with Gasteiger partial charge < -0.3 is 9.47 Å². The van der Waals surface area contributed by atoms with E-state index in [0.29, 0.717) is 11.3 Å². The number of halogens is 1. The lowest BCUT2D eigenvalue weighted by molar-refractivity contribution is 0.0296. The number of fused-ring (bicyclic) bond motifs is 1. The zero-order valence-electron chi connectivity index (χ0n) is 8.54. The van der Waals surface area contributed by atoms with Gasteiger partial charge in [-0.3, -0.25) is 0 Å². The van der Waals surface area contributed by atoms with Crippen LogP contribution >= 0.6 is 22.6 Å². The number of rotatable bonds is 1. The Morgan fingerprint density at radius 3 is 2.93 bits per heavy atom. The van der Waals surface area contributed by atoms with Crippen molar-refractivity contribution in [2.24, 2.45) is 0 Å². The molecule has 80 valence electrons. The first kappa shape index (κ1) is 10.7. The number of esters is 1. The van der Waals surface area contributed by atoms with E-state index >= 15 is 0 Å². The van der Waals surface area contributed by atoms with Gasteiger partial charge in [0.15, 0.2) is 0 Å². The van der Waals surface area contributed by atoms with Gasteiger partial charge in [0, 0.05) is 6.42 Å². The van der Waals surface area contributed by atoms with Gasteiger partial charge in [-0.05, 0) is 41.1 Å². The maximum atomic E-state index is 11.7. The van der Waals surface area contributed by atoms with E-state index in [1.165, 1.54) is 0 Å². The Hall–Kier alpha value is -0.780. The maximum absolute atomic E-state index is 11.7. The SMILES string of the molecule is COc1c(I)ccc2c1C(=O)OC(C)C2. The van der Waals surface area contributed by atoms with Gasteiger partial charge in [-0.25, -0.2) is 4.79 Å². The van der Waals surface area contributed by atoms with Crippen molar-refractivity contribution >= 4 is 28.6 Å². The van der Waals surface area contributed by atoms with E-state index in [0.717, 1.165) is 15.6 Å². The molecule has 0 radical (unpaired) electrons. The molecule has 1 heterocycles. The topological polar surface area (TPSA) is 35.5 Å². The number of hydrogen-bond donors (Lipinski definition) is 0. The summed E-state index contributed by atoms with van der Waals surface area (Å²) in [6, 6.07) is 3.93. The average molecular weight is 318 g/mol. The first-order valence-corrected chi connectivity index (χ1v) is 5.77. The maximum Gasteiger partial charge on any atom is 0.342 e. The number of cyclic esters (lactones) is 1. The highest BCUT2D eigenvalue weighted by Crippen LogP contribution is 2.32. The number of hydrogen-bond acceptors (Lipinski definition) is 3. The van der Waals surface area contributed by atoms with Crippen LogP contribution in [0.2, 0.25) is 0 Å². The molecule has 3 nitrogen and oxygen atoms in total. The fourth-order valence-corrected chi connectivity index (χ4v) is 2.45. The van der Waals surface area contributed by atoms with Gasteiger partial charge in [-0.2, -0.15) is 0 Å². The minimum atomic E-state index is -0.279. The van der Waals surface area contributed by atoms with Crippen LogP contribution in [-0.4, -0.2) is 19.2 Å². The second kappa shape index (κ2) is 4.00. The van der Waals surface area contributed by atoms with Gasteiger partial charge in [-0.1, -0.05) is 6.07 Å². The standard InChI is InChI=1S/C11H11IO3/c1-6-5-7-3-4-8(12)10(14-2)9(7)11(13)15-6/h3-4,6H,5H2,1-2H3. The predicted molar refractivity (Wildman–Crippen MR) is 64.3 cm³/mol. The van der Waals surface area contributed by atoms with E-state index in [9.17, 15) is 4.79 Å². The molecule has 2 rings (SSSR count). The minimum absolute atomic E-state index is 0.0465. The number of carbonyl (C=O) groups is 1. The molecule has 1 aromatic carbocycles. The average Bonchev–Trinajstić information content (AvgIpc) is 2.18. The first-order valence-electron chi connectivity index (χ1n) is 4.70. The van der Waals surface area contributed by atoms with Crippen LogP contribution in [0.1, 0.15) is 22.8 Å². The van der Waals surface area contributed by atoms with E-state index in [4.69, 9.17) is 9.47 Å². The second-order valence-corrected chi connectivity index (χ2v) is 4.70. The van der Waals surface area contributed by atoms with Gasteiger partial charge in [-0.15, -0.1) is 0 Å². The van der Waals surface area contributed by atoms with Gasteiger partial charge in [0.1, 0.15) is 17.4 Å². The third-order valence-corrected chi connectivity index (χ3v) is 3.27. The molecule has 1 aliphatic heterocycles. The van der Waals surface area contributed by atoms with E-state index in [-0.39, 0.29) is 12.1 Å². The summed E-state index contributed by atoms with van der Waals surface area (Å²) in [6.45, 7) is 1.89. The summed E-state index contributed by atoms with van der Waals surface area (Å²) >= 11 is 2.15. The smallest absolute Gasteiger partial charge is 0.342 e. The fraction of sp³-hybridized carbons (Fsp3) is 0.364. The Bertz CT molecular complexity index is 415. The van der Waals surface area contributed by atoms with Crippen molar-refractivity contribution in [3.05, 3.63) is 26.8 Å². The molecule has 0 amide bonds. The molecule has 1 aliphatic rings. The number of methoxy groups -OCH3 is 1. The molecule has 0 aliphatic carbocycles. The molecule has 1 atom stereocenters. The third-order valence-electron chi connectivity index (χ3n) is 2.42. The molecule has 0 bridgehead atoms. The van der Waals surface area contributed by atoms with Crippen molar-refractivity contribution < 1.29 is 14.3 Å². The second-order valence-electron chi connectivity index (χ2n) is 3.53. The van der Waals surface area contributed by atoms with Crippen LogP contribution in [0.5, 0.6) is 5.75 Å². The monoisotopic (exact) mass is 318 g/mol. The van der Waals surface area contributed by atoms with Gasteiger partial charge in [0.2, 0.25) is 0 Å². The fourth-order valence-electron chi connectivity index (χ4n) is 1.78. The number of carbonyl (C=O) groups excluding carboxylic acids is 1. The summed E-state index contributed by atoms with van der Waals surface area (Å²) in [4.78, 5) is 11.7. The summed E-state index contributed by atoms with van der Waals surface area (Å²) in [7, 11) is 1.57. The lowest BCUT2D eigenvalue weighted by Crippen LogP contribution is -2.25. The zero-order chi connectivity index (χ0) is 11.0. The van der Waals surface area contributed by atoms with Crippen LogP contribution < -0.4 is 4.74 Å². The largest absolute Gasteiger partial charge is 0.495 e. The van der Waals surface area contributed by atoms with Crippen LogP contribution in [0.15, 0.2) is 12.1 Å². The molecule has 0 saturated heterocycles. The lowest BCUT2D eigenvalue weighted by atomic mass is 9.98. The molecule has 15 heavy (non-hydrogen) atoms. The van der Waals surface area contributed by atoms with E-state index in [1.54, 1.807) is 7.11 Å². The molecular weight excluding hydrogens is 307 g/mol. The molecule has 0 saturated carbocycles. The summed E-state index contributed by atoms with van der Waals surface area (Å²) in [5.41, 5.74) is 1.60. The first-order chi connectivity index (χ1) is 7.13. The highest BCUT2D eigenvalue weighted by atomic mass is 127. The van der Waals surface area contributed by atoms with Gasteiger partial charge >= 0.3 is 5.97 Å². The summed E-state index contributed by atoms with van der Waals surface area (Å²) in [5.74, 6) is 0.351. The molecule has 4 heteroatoms. The summed E-state index contributed by atoms with van der Waals surface area (Å²) in [5, 5.41) is 0. The van der Waals surface area contributed by atoms with E-state index < -0.39 is 0 Å². The Balaban J connectivity index is 2.60. The summed E-state index contributed by atoms with van der Waals surface area (Å²) in [6.07, 6.45) is 0.712. The van der Waals surface area contributed by atoms with Crippen LogP contribution in [-0.2, 0) is 11.2 Å². The number of ether oxygens (including phenoxy) is 2.